The maximum Gasteiger partial charge on any atom is 0.242 e. The number of carbonyl (C=O) groups is 2. The van der Waals surface area contributed by atoms with E-state index in [1.54, 1.807) is 4.90 Å². The molecule has 0 unspecified atom stereocenters. The van der Waals surface area contributed by atoms with Crippen molar-refractivity contribution in [1.82, 2.24) is 9.80 Å². The largest absolute Gasteiger partial charge is 0.464 e. The van der Waals surface area contributed by atoms with E-state index >= 15 is 0 Å². The average molecular weight is 411 g/mol. The van der Waals surface area contributed by atoms with Crippen LogP contribution in [0.3, 0.4) is 0 Å². The summed E-state index contributed by atoms with van der Waals surface area (Å²) in [5.41, 5.74) is 1.10. The van der Waals surface area contributed by atoms with Crippen molar-refractivity contribution >= 4 is 11.8 Å². The van der Waals surface area contributed by atoms with Crippen molar-refractivity contribution in [3.05, 3.63) is 59.5 Å². The molecule has 0 radical (unpaired) electrons. The van der Waals surface area contributed by atoms with Crippen LogP contribution in [-0.4, -0.2) is 40.7 Å². The quantitative estimate of drug-likeness (QED) is 0.608. The smallest absolute Gasteiger partial charge is 0.242 e. The second-order valence-electron chi connectivity index (χ2n) is 9.55. The van der Waals surface area contributed by atoms with E-state index < -0.39 is 0 Å². The van der Waals surface area contributed by atoms with Gasteiger partial charge in [-0.25, -0.2) is 0 Å². The summed E-state index contributed by atoms with van der Waals surface area (Å²) in [7, 11) is 0. The normalized spacial score (nSPS) is 13.9. The topological polar surface area (TPSA) is 53.8 Å². The minimum absolute atomic E-state index is 0.0193. The summed E-state index contributed by atoms with van der Waals surface area (Å²) in [6.07, 6.45) is 3.21. The Kier molecular flexibility index (Phi) is 7.01. The third-order valence-corrected chi connectivity index (χ3v) is 5.30. The van der Waals surface area contributed by atoms with Gasteiger partial charge in [-0.2, -0.15) is 0 Å². The molecule has 0 bridgehead atoms. The van der Waals surface area contributed by atoms with Crippen molar-refractivity contribution < 1.29 is 14.0 Å². The van der Waals surface area contributed by atoms with E-state index in [9.17, 15) is 9.59 Å². The standard InChI is InChI=1S/C25H34N2O3/c1-19-10-13-22(30-19)17-26(15-14-20-8-6-5-7-9-20)24(29)18-27(21-11-12-21)23(28)16-25(2,3)4/h5-10,13,21H,11-12,14-18H2,1-4H3. The van der Waals surface area contributed by atoms with Crippen LogP contribution < -0.4 is 0 Å². The van der Waals surface area contributed by atoms with Gasteiger partial charge >= 0.3 is 0 Å². The van der Waals surface area contributed by atoms with Crippen LogP contribution in [0.5, 0.6) is 0 Å². The van der Waals surface area contributed by atoms with Gasteiger partial charge in [0.15, 0.2) is 0 Å². The summed E-state index contributed by atoms with van der Waals surface area (Å²) in [5.74, 6) is 1.66. The highest BCUT2D eigenvalue weighted by atomic mass is 16.3. The zero-order valence-corrected chi connectivity index (χ0v) is 18.7. The fourth-order valence-corrected chi connectivity index (χ4v) is 3.57. The maximum atomic E-state index is 13.3. The number of rotatable bonds is 9. The fourth-order valence-electron chi connectivity index (χ4n) is 3.57. The molecule has 3 rings (SSSR count). The maximum absolute atomic E-state index is 13.3. The number of amides is 2. The van der Waals surface area contributed by atoms with Gasteiger partial charge in [0.25, 0.3) is 0 Å². The first kappa shape index (κ1) is 22.1. The molecule has 1 saturated carbocycles. The highest BCUT2D eigenvalue weighted by molar-refractivity contribution is 5.85. The first-order valence-electron chi connectivity index (χ1n) is 10.9. The Morgan fingerprint density at radius 2 is 1.73 bits per heavy atom. The predicted molar refractivity (Wildman–Crippen MR) is 118 cm³/mol. The molecule has 1 aliphatic rings. The monoisotopic (exact) mass is 410 g/mol. The van der Waals surface area contributed by atoms with Crippen LogP contribution in [0, 0.1) is 12.3 Å². The molecule has 5 nitrogen and oxygen atoms in total. The van der Waals surface area contributed by atoms with Crippen molar-refractivity contribution in [1.29, 1.82) is 0 Å². The molecular weight excluding hydrogens is 376 g/mol. The Hall–Kier alpha value is -2.56. The Morgan fingerprint density at radius 3 is 2.30 bits per heavy atom. The summed E-state index contributed by atoms with van der Waals surface area (Å²) in [6.45, 7) is 9.24. The zero-order chi connectivity index (χ0) is 21.7. The lowest BCUT2D eigenvalue weighted by atomic mass is 9.91. The molecule has 0 aliphatic heterocycles. The number of carbonyl (C=O) groups excluding carboxylic acids is 2. The number of benzene rings is 1. The highest BCUT2D eigenvalue weighted by Gasteiger charge is 2.36. The van der Waals surface area contributed by atoms with Gasteiger partial charge in [-0.15, -0.1) is 0 Å². The second-order valence-corrected chi connectivity index (χ2v) is 9.55. The summed E-state index contributed by atoms with van der Waals surface area (Å²) in [6, 6.07) is 14.2. The molecule has 2 aromatic rings. The number of nitrogens with zero attached hydrogens (tertiary/aromatic N) is 2. The number of furan rings is 1. The Morgan fingerprint density at radius 1 is 1.03 bits per heavy atom. The third-order valence-electron chi connectivity index (χ3n) is 5.30. The molecular formula is C25H34N2O3. The molecule has 1 heterocycles. The Bertz CT molecular complexity index is 847. The van der Waals surface area contributed by atoms with Gasteiger partial charge in [-0.1, -0.05) is 51.1 Å². The number of hydrogen-bond acceptors (Lipinski definition) is 3. The number of hydrogen-bond donors (Lipinski definition) is 0. The molecule has 30 heavy (non-hydrogen) atoms. The average Bonchev–Trinajstić information content (AvgIpc) is 3.43. The van der Waals surface area contributed by atoms with Gasteiger partial charge < -0.3 is 14.2 Å². The van der Waals surface area contributed by atoms with Crippen molar-refractivity contribution in [2.45, 2.75) is 66.0 Å². The summed E-state index contributed by atoms with van der Waals surface area (Å²) >= 11 is 0. The van der Waals surface area contributed by atoms with Gasteiger partial charge in [0, 0.05) is 19.0 Å². The van der Waals surface area contributed by atoms with E-state index in [1.807, 2.05) is 42.2 Å². The minimum atomic E-state index is -0.0913. The first-order valence-corrected chi connectivity index (χ1v) is 10.9. The Labute approximate surface area is 180 Å². The van der Waals surface area contributed by atoms with Crippen LogP contribution in [0.4, 0.5) is 0 Å². The van der Waals surface area contributed by atoms with E-state index in [2.05, 4.69) is 32.9 Å². The van der Waals surface area contributed by atoms with Crippen LogP contribution in [-0.2, 0) is 22.6 Å². The van der Waals surface area contributed by atoms with Gasteiger partial charge in [0.2, 0.25) is 11.8 Å². The molecule has 1 aromatic carbocycles. The zero-order valence-electron chi connectivity index (χ0n) is 18.7. The van der Waals surface area contributed by atoms with E-state index in [0.29, 0.717) is 19.5 Å². The molecule has 5 heteroatoms. The van der Waals surface area contributed by atoms with Gasteiger partial charge in [-0.3, -0.25) is 9.59 Å². The van der Waals surface area contributed by atoms with Gasteiger partial charge in [0.05, 0.1) is 6.54 Å². The SMILES string of the molecule is Cc1ccc(CN(CCc2ccccc2)C(=O)CN(C(=O)CC(C)(C)C)C2CC2)o1. The fraction of sp³-hybridized carbons (Fsp3) is 0.520. The highest BCUT2D eigenvalue weighted by Crippen LogP contribution is 2.30. The van der Waals surface area contributed by atoms with Crippen LogP contribution in [0.2, 0.25) is 0 Å². The Balaban J connectivity index is 1.69. The summed E-state index contributed by atoms with van der Waals surface area (Å²) < 4.78 is 5.72. The van der Waals surface area contributed by atoms with Crippen molar-refractivity contribution in [3.63, 3.8) is 0 Å². The molecule has 1 aromatic heterocycles. The van der Waals surface area contributed by atoms with Crippen molar-refractivity contribution in [2.24, 2.45) is 5.41 Å². The molecule has 0 saturated heterocycles. The van der Waals surface area contributed by atoms with Crippen molar-refractivity contribution in [2.75, 3.05) is 13.1 Å². The van der Waals surface area contributed by atoms with E-state index in [1.165, 1.54) is 5.56 Å². The summed E-state index contributed by atoms with van der Waals surface area (Å²) in [5, 5.41) is 0. The lowest BCUT2D eigenvalue weighted by Gasteiger charge is -2.29. The van der Waals surface area contributed by atoms with Crippen LogP contribution in [0.1, 0.15) is 57.1 Å². The minimum Gasteiger partial charge on any atom is -0.464 e. The molecule has 0 N–H and O–H groups in total. The molecule has 0 spiro atoms. The second kappa shape index (κ2) is 9.50. The third kappa shape index (κ3) is 6.75. The molecule has 0 atom stereocenters. The first-order chi connectivity index (χ1) is 14.2. The lowest BCUT2D eigenvalue weighted by molar-refractivity contribution is -0.142. The van der Waals surface area contributed by atoms with Crippen molar-refractivity contribution in [3.8, 4) is 0 Å². The van der Waals surface area contributed by atoms with Gasteiger partial charge in [-0.05, 0) is 49.3 Å². The molecule has 162 valence electrons. The predicted octanol–water partition coefficient (Wildman–Crippen LogP) is 4.59. The summed E-state index contributed by atoms with van der Waals surface area (Å²) in [4.78, 5) is 29.8. The van der Waals surface area contributed by atoms with Crippen LogP contribution in [0.25, 0.3) is 0 Å². The molecule has 1 fully saturated rings. The molecule has 1 aliphatic carbocycles. The van der Waals surface area contributed by atoms with E-state index in [4.69, 9.17) is 4.42 Å². The van der Waals surface area contributed by atoms with E-state index in [0.717, 1.165) is 30.8 Å². The number of aryl methyl sites for hydroxylation is 1. The van der Waals surface area contributed by atoms with Gasteiger partial charge in [0.1, 0.15) is 18.1 Å². The molecule has 2 amide bonds. The van der Waals surface area contributed by atoms with Crippen LogP contribution >= 0.6 is 0 Å². The lowest BCUT2D eigenvalue weighted by Crippen LogP contribution is -2.45. The van der Waals surface area contributed by atoms with E-state index in [-0.39, 0.29) is 29.8 Å². The van der Waals surface area contributed by atoms with Crippen LogP contribution in [0.15, 0.2) is 46.9 Å².